The summed E-state index contributed by atoms with van der Waals surface area (Å²) < 4.78 is 6.12. The van der Waals surface area contributed by atoms with E-state index in [2.05, 4.69) is 21.2 Å². The molecule has 3 amide bonds. The number of nitrogens with zero attached hydrogens (tertiary/aromatic N) is 1. The molecule has 2 aliphatic rings. The van der Waals surface area contributed by atoms with Crippen LogP contribution in [0.2, 0.25) is 0 Å². The first-order valence-electron chi connectivity index (χ1n) is 11.0. The molecule has 8 heteroatoms. The monoisotopic (exact) mass is 512 g/mol. The van der Waals surface area contributed by atoms with Gasteiger partial charge in [0.25, 0.3) is 5.91 Å². The predicted octanol–water partition coefficient (Wildman–Crippen LogP) is 4.54. The fourth-order valence-corrected chi connectivity index (χ4v) is 4.96. The first kappa shape index (κ1) is 23.2. The Bertz CT molecular complexity index is 1120. The number of aryl methyl sites for hydroxylation is 2. The van der Waals surface area contributed by atoms with Gasteiger partial charge in [-0.05, 0) is 68.1 Å². The van der Waals surface area contributed by atoms with E-state index in [0.29, 0.717) is 11.4 Å². The van der Waals surface area contributed by atoms with E-state index in [0.717, 1.165) is 41.3 Å². The Kier molecular flexibility index (Phi) is 6.65. The lowest BCUT2D eigenvalue weighted by molar-refractivity contribution is -0.122. The molecule has 1 N–H and O–H groups in total. The first-order valence-corrected chi connectivity index (χ1v) is 11.8. The van der Waals surface area contributed by atoms with Gasteiger partial charge in [0.2, 0.25) is 11.8 Å². The number of hydrogen-bond donors (Lipinski definition) is 1. The van der Waals surface area contributed by atoms with E-state index in [9.17, 15) is 19.2 Å². The number of carbonyl (C=O) groups is 4. The number of anilines is 2. The summed E-state index contributed by atoms with van der Waals surface area (Å²) in [6.45, 7) is 3.33. The Morgan fingerprint density at radius 3 is 2.36 bits per heavy atom. The van der Waals surface area contributed by atoms with Crippen molar-refractivity contribution >= 4 is 51.0 Å². The molecule has 1 saturated heterocycles. The predicted molar refractivity (Wildman–Crippen MR) is 127 cm³/mol. The van der Waals surface area contributed by atoms with Crippen LogP contribution in [0.1, 0.15) is 47.2 Å². The fourth-order valence-electron chi connectivity index (χ4n) is 4.51. The van der Waals surface area contributed by atoms with Crippen LogP contribution in [0.5, 0.6) is 0 Å². The summed E-state index contributed by atoms with van der Waals surface area (Å²) in [6, 6.07) is 9.97. The van der Waals surface area contributed by atoms with Gasteiger partial charge < -0.3 is 10.1 Å². The zero-order chi connectivity index (χ0) is 23.7. The number of nitrogens with one attached hydrogen (secondary N) is 1. The fraction of sp³-hybridized carbons (Fsp3) is 0.360. The molecule has 0 spiro atoms. The molecule has 7 nitrogen and oxygen atoms in total. The number of imide groups is 1. The first-order chi connectivity index (χ1) is 15.8. The van der Waals surface area contributed by atoms with E-state index in [-0.39, 0.29) is 29.2 Å². The quantitative estimate of drug-likeness (QED) is 0.468. The number of carbonyl (C=O) groups excluding carboxylic acids is 4. The van der Waals surface area contributed by atoms with Crippen LogP contribution in [-0.2, 0) is 19.1 Å². The molecule has 0 aromatic heterocycles. The van der Waals surface area contributed by atoms with Gasteiger partial charge in [0, 0.05) is 10.2 Å². The molecule has 1 aliphatic heterocycles. The van der Waals surface area contributed by atoms with Crippen molar-refractivity contribution in [1.82, 2.24) is 0 Å². The van der Waals surface area contributed by atoms with Crippen molar-refractivity contribution < 1.29 is 23.9 Å². The van der Waals surface area contributed by atoms with E-state index < -0.39 is 18.5 Å². The summed E-state index contributed by atoms with van der Waals surface area (Å²) in [7, 11) is 0. The van der Waals surface area contributed by atoms with Crippen LogP contribution in [0.4, 0.5) is 11.4 Å². The molecule has 172 valence electrons. The van der Waals surface area contributed by atoms with Crippen molar-refractivity contribution in [1.29, 1.82) is 0 Å². The van der Waals surface area contributed by atoms with Crippen LogP contribution in [0.25, 0.3) is 0 Å². The normalized spacial score (nSPS) is 19.9. The maximum absolute atomic E-state index is 12.8. The number of hydrogen-bond acceptors (Lipinski definition) is 5. The lowest BCUT2D eigenvalue weighted by Crippen LogP contribution is -2.31. The molecule has 2 fully saturated rings. The molecule has 0 radical (unpaired) electrons. The summed E-state index contributed by atoms with van der Waals surface area (Å²) in [5.74, 6) is -2.09. The van der Waals surface area contributed by atoms with Crippen LogP contribution in [0, 0.1) is 25.7 Å². The summed E-state index contributed by atoms with van der Waals surface area (Å²) >= 11 is 3.45. The SMILES string of the molecule is Cc1cc(NC(=O)COC(=O)c2cccc(N3C(=O)[C@H]4CCCC[C@@H]4C3=O)c2)c(C)cc1Br. The molecule has 2 aromatic carbocycles. The van der Waals surface area contributed by atoms with Gasteiger partial charge in [0.1, 0.15) is 0 Å². The molecule has 1 aliphatic carbocycles. The lowest BCUT2D eigenvalue weighted by Gasteiger charge is -2.19. The molecular weight excluding hydrogens is 488 g/mol. The van der Waals surface area contributed by atoms with Gasteiger partial charge in [-0.2, -0.15) is 0 Å². The third-order valence-corrected chi connectivity index (χ3v) is 7.15. The van der Waals surface area contributed by atoms with Crippen LogP contribution in [-0.4, -0.2) is 30.3 Å². The van der Waals surface area contributed by atoms with Gasteiger partial charge in [0.05, 0.1) is 23.1 Å². The molecular formula is C25H25BrN2O5. The van der Waals surface area contributed by atoms with E-state index in [4.69, 9.17) is 4.74 Å². The Balaban J connectivity index is 1.41. The van der Waals surface area contributed by atoms with Crippen molar-refractivity contribution in [3.05, 3.63) is 57.6 Å². The van der Waals surface area contributed by atoms with E-state index in [1.807, 2.05) is 26.0 Å². The number of fused-ring (bicyclic) bond motifs is 1. The van der Waals surface area contributed by atoms with Gasteiger partial charge in [-0.15, -0.1) is 0 Å². The summed E-state index contributed by atoms with van der Waals surface area (Å²) in [6.07, 6.45) is 3.34. The van der Waals surface area contributed by atoms with Crippen LogP contribution < -0.4 is 10.2 Å². The standard InChI is InChI=1S/C25H25BrN2O5/c1-14-11-21(15(2)10-20(14)26)27-22(29)13-33-25(32)16-6-5-7-17(12-16)28-23(30)18-8-3-4-9-19(18)24(28)31/h5-7,10-12,18-19H,3-4,8-9,13H2,1-2H3,(H,27,29)/t18-,19-/m0/s1. The number of amides is 3. The van der Waals surface area contributed by atoms with Crippen LogP contribution in [0.15, 0.2) is 40.9 Å². The average Bonchev–Trinajstić information content (AvgIpc) is 3.06. The summed E-state index contributed by atoms with van der Waals surface area (Å²) in [5.41, 5.74) is 3.02. The highest BCUT2D eigenvalue weighted by atomic mass is 79.9. The van der Waals surface area contributed by atoms with Gasteiger partial charge in [-0.1, -0.05) is 34.8 Å². The van der Waals surface area contributed by atoms with E-state index in [1.165, 1.54) is 17.0 Å². The largest absolute Gasteiger partial charge is 0.452 e. The maximum atomic E-state index is 12.8. The number of halogens is 1. The van der Waals surface area contributed by atoms with Gasteiger partial charge in [-0.25, -0.2) is 4.79 Å². The number of esters is 1. The maximum Gasteiger partial charge on any atom is 0.338 e. The molecule has 4 rings (SSSR count). The second-order valence-corrected chi connectivity index (χ2v) is 9.45. The van der Waals surface area contributed by atoms with Crippen molar-refractivity contribution in [3.63, 3.8) is 0 Å². The Hall–Kier alpha value is -3.00. The smallest absolute Gasteiger partial charge is 0.338 e. The van der Waals surface area contributed by atoms with E-state index in [1.54, 1.807) is 12.1 Å². The van der Waals surface area contributed by atoms with Crippen molar-refractivity contribution in [2.45, 2.75) is 39.5 Å². The van der Waals surface area contributed by atoms with Gasteiger partial charge >= 0.3 is 5.97 Å². The van der Waals surface area contributed by atoms with E-state index >= 15 is 0 Å². The van der Waals surface area contributed by atoms with Gasteiger partial charge in [0.15, 0.2) is 6.61 Å². The second kappa shape index (κ2) is 9.47. The molecule has 2 aromatic rings. The summed E-state index contributed by atoms with van der Waals surface area (Å²) in [4.78, 5) is 51.7. The molecule has 2 atom stereocenters. The molecule has 0 unspecified atom stereocenters. The second-order valence-electron chi connectivity index (χ2n) is 8.60. The number of rotatable bonds is 5. The third-order valence-electron chi connectivity index (χ3n) is 6.30. The third kappa shape index (κ3) is 4.71. The minimum atomic E-state index is -0.702. The molecule has 0 bridgehead atoms. The Morgan fingerprint density at radius 1 is 1.03 bits per heavy atom. The topological polar surface area (TPSA) is 92.8 Å². The van der Waals surface area contributed by atoms with Crippen molar-refractivity contribution in [2.75, 3.05) is 16.8 Å². The average molecular weight is 513 g/mol. The Labute approximate surface area is 200 Å². The zero-order valence-corrected chi connectivity index (χ0v) is 20.1. The minimum absolute atomic E-state index is 0.173. The molecule has 33 heavy (non-hydrogen) atoms. The number of ether oxygens (including phenoxy) is 1. The van der Waals surface area contributed by atoms with Gasteiger partial charge in [-0.3, -0.25) is 19.3 Å². The van der Waals surface area contributed by atoms with Crippen molar-refractivity contribution in [3.8, 4) is 0 Å². The van der Waals surface area contributed by atoms with Crippen LogP contribution in [0.3, 0.4) is 0 Å². The number of benzene rings is 2. The van der Waals surface area contributed by atoms with Crippen LogP contribution >= 0.6 is 15.9 Å². The highest BCUT2D eigenvalue weighted by Crippen LogP contribution is 2.40. The van der Waals surface area contributed by atoms with Crippen molar-refractivity contribution in [2.24, 2.45) is 11.8 Å². The lowest BCUT2D eigenvalue weighted by atomic mass is 9.81. The highest BCUT2D eigenvalue weighted by Gasteiger charge is 2.48. The Morgan fingerprint density at radius 2 is 1.70 bits per heavy atom. The summed E-state index contributed by atoms with van der Waals surface area (Å²) in [5, 5.41) is 2.75. The highest BCUT2D eigenvalue weighted by molar-refractivity contribution is 9.10. The zero-order valence-electron chi connectivity index (χ0n) is 18.5. The molecule has 1 saturated carbocycles. The molecule has 1 heterocycles. The minimum Gasteiger partial charge on any atom is -0.452 e.